The van der Waals surface area contributed by atoms with E-state index in [-0.39, 0.29) is 5.69 Å². The zero-order valence-corrected chi connectivity index (χ0v) is 10.3. The first-order valence-electron chi connectivity index (χ1n) is 5.97. The van der Waals surface area contributed by atoms with E-state index in [2.05, 4.69) is 10.3 Å². The molecule has 0 spiro atoms. The van der Waals surface area contributed by atoms with Gasteiger partial charge in [-0.2, -0.15) is 0 Å². The maximum atomic E-state index is 13.5. The Hall–Kier alpha value is -2.69. The maximum Gasteiger partial charge on any atom is 0.257 e. The summed E-state index contributed by atoms with van der Waals surface area (Å²) < 4.78 is 26.6. The molecule has 2 aromatic carbocycles. The second-order valence-electron chi connectivity index (χ2n) is 4.33. The van der Waals surface area contributed by atoms with E-state index < -0.39 is 17.5 Å². The number of halogens is 2. The summed E-state index contributed by atoms with van der Waals surface area (Å²) in [6.07, 6.45) is 1.71. The molecule has 0 fully saturated rings. The van der Waals surface area contributed by atoms with E-state index in [0.29, 0.717) is 11.1 Å². The predicted molar refractivity (Wildman–Crippen MR) is 72.6 cm³/mol. The maximum absolute atomic E-state index is 13.5. The van der Waals surface area contributed by atoms with Crippen molar-refractivity contribution in [1.82, 2.24) is 4.98 Å². The Labute approximate surface area is 113 Å². The second kappa shape index (κ2) is 4.77. The van der Waals surface area contributed by atoms with E-state index in [1.54, 1.807) is 18.3 Å². The minimum atomic E-state index is -0.682. The molecule has 5 heteroatoms. The fraction of sp³-hybridized carbons (Fsp3) is 0. The number of aromatic amines is 1. The van der Waals surface area contributed by atoms with Crippen molar-refractivity contribution in [3.8, 4) is 0 Å². The number of carbonyl (C=O) groups is 1. The molecule has 2 N–H and O–H groups in total. The summed E-state index contributed by atoms with van der Waals surface area (Å²) in [5, 5.41) is 3.25. The molecule has 3 rings (SSSR count). The van der Waals surface area contributed by atoms with E-state index in [0.717, 1.165) is 23.6 Å². The smallest absolute Gasteiger partial charge is 0.257 e. The molecule has 1 heterocycles. The van der Waals surface area contributed by atoms with Gasteiger partial charge in [-0.3, -0.25) is 4.79 Å². The fourth-order valence-corrected chi connectivity index (χ4v) is 2.06. The first-order chi connectivity index (χ1) is 9.65. The largest absolute Gasteiger partial charge is 0.361 e. The highest BCUT2D eigenvalue weighted by atomic mass is 19.1. The van der Waals surface area contributed by atoms with Gasteiger partial charge in [0.25, 0.3) is 5.91 Å². The average Bonchev–Trinajstić information content (AvgIpc) is 2.91. The lowest BCUT2D eigenvalue weighted by atomic mass is 10.1. The van der Waals surface area contributed by atoms with E-state index in [9.17, 15) is 13.6 Å². The molecule has 0 bridgehead atoms. The lowest BCUT2D eigenvalue weighted by Gasteiger charge is -2.07. The summed E-state index contributed by atoms with van der Waals surface area (Å²) >= 11 is 0. The molecule has 0 atom stereocenters. The van der Waals surface area contributed by atoms with Gasteiger partial charge in [-0.25, -0.2) is 8.78 Å². The SMILES string of the molecule is O=C(Nc1cc(F)ccc1F)c1cccc2cc[nH]c12. The van der Waals surface area contributed by atoms with Crippen LogP contribution in [0, 0.1) is 11.6 Å². The summed E-state index contributed by atoms with van der Waals surface area (Å²) in [5.74, 6) is -1.79. The Morgan fingerprint density at radius 1 is 1.10 bits per heavy atom. The third-order valence-corrected chi connectivity index (χ3v) is 3.01. The first-order valence-corrected chi connectivity index (χ1v) is 5.97. The molecule has 1 aromatic heterocycles. The monoisotopic (exact) mass is 272 g/mol. The van der Waals surface area contributed by atoms with Crippen molar-refractivity contribution in [1.29, 1.82) is 0 Å². The number of carbonyl (C=O) groups excluding carboxylic acids is 1. The summed E-state index contributed by atoms with van der Waals surface area (Å²) in [7, 11) is 0. The van der Waals surface area contributed by atoms with Crippen LogP contribution >= 0.6 is 0 Å². The standard InChI is InChI=1S/C15H10F2N2O/c16-10-4-5-12(17)13(8-10)19-15(20)11-3-1-2-9-6-7-18-14(9)11/h1-8,18H,(H,19,20). The molecule has 0 saturated heterocycles. The minimum absolute atomic E-state index is 0.182. The number of rotatable bonds is 2. The van der Waals surface area contributed by atoms with Gasteiger partial charge in [0.2, 0.25) is 0 Å². The number of amides is 1. The summed E-state index contributed by atoms with van der Waals surface area (Å²) in [6.45, 7) is 0. The van der Waals surface area contributed by atoms with E-state index in [1.807, 2.05) is 12.1 Å². The Morgan fingerprint density at radius 2 is 1.95 bits per heavy atom. The molecule has 0 saturated carbocycles. The van der Waals surface area contributed by atoms with Crippen LogP contribution in [0.2, 0.25) is 0 Å². The van der Waals surface area contributed by atoms with Gasteiger partial charge < -0.3 is 10.3 Å². The van der Waals surface area contributed by atoms with Gasteiger partial charge in [-0.05, 0) is 24.3 Å². The Kier molecular flexibility index (Phi) is 2.95. The molecular weight excluding hydrogens is 262 g/mol. The second-order valence-corrected chi connectivity index (χ2v) is 4.33. The Balaban J connectivity index is 1.97. The molecular formula is C15H10F2N2O. The average molecular weight is 272 g/mol. The number of fused-ring (bicyclic) bond motifs is 1. The van der Waals surface area contributed by atoms with Crippen molar-refractivity contribution >= 4 is 22.5 Å². The van der Waals surface area contributed by atoms with Crippen LogP contribution < -0.4 is 5.32 Å². The number of anilines is 1. The van der Waals surface area contributed by atoms with Gasteiger partial charge in [0.1, 0.15) is 11.6 Å². The van der Waals surface area contributed by atoms with Crippen LogP contribution in [0.5, 0.6) is 0 Å². The molecule has 3 nitrogen and oxygen atoms in total. The van der Waals surface area contributed by atoms with Crippen LogP contribution in [0.15, 0.2) is 48.7 Å². The molecule has 0 aliphatic rings. The number of para-hydroxylation sites is 1. The predicted octanol–water partition coefficient (Wildman–Crippen LogP) is 3.70. The number of hydrogen-bond acceptors (Lipinski definition) is 1. The van der Waals surface area contributed by atoms with Crippen LogP contribution in [0.4, 0.5) is 14.5 Å². The van der Waals surface area contributed by atoms with Crippen LogP contribution in [0.25, 0.3) is 10.9 Å². The molecule has 1 amide bonds. The lowest BCUT2D eigenvalue weighted by Crippen LogP contribution is -2.13. The van der Waals surface area contributed by atoms with Crippen molar-refractivity contribution in [2.24, 2.45) is 0 Å². The van der Waals surface area contributed by atoms with E-state index in [1.165, 1.54) is 0 Å². The van der Waals surface area contributed by atoms with Crippen molar-refractivity contribution in [2.75, 3.05) is 5.32 Å². The Bertz CT molecular complexity index is 795. The topological polar surface area (TPSA) is 44.9 Å². The molecule has 0 radical (unpaired) electrons. The Morgan fingerprint density at radius 3 is 2.80 bits per heavy atom. The molecule has 100 valence electrons. The van der Waals surface area contributed by atoms with Gasteiger partial charge in [0.05, 0.1) is 16.8 Å². The van der Waals surface area contributed by atoms with Gasteiger partial charge in [-0.15, -0.1) is 0 Å². The van der Waals surface area contributed by atoms with Crippen LogP contribution in [-0.4, -0.2) is 10.9 Å². The first kappa shape index (κ1) is 12.3. The summed E-state index contributed by atoms with van der Waals surface area (Å²) in [5.41, 5.74) is 0.844. The van der Waals surface area contributed by atoms with E-state index >= 15 is 0 Å². The summed E-state index contributed by atoms with van der Waals surface area (Å²) in [4.78, 5) is 15.1. The van der Waals surface area contributed by atoms with Crippen LogP contribution in [0.3, 0.4) is 0 Å². The number of benzene rings is 2. The number of hydrogen-bond donors (Lipinski definition) is 2. The van der Waals surface area contributed by atoms with E-state index in [4.69, 9.17) is 0 Å². The lowest BCUT2D eigenvalue weighted by molar-refractivity contribution is 0.102. The van der Waals surface area contributed by atoms with Crippen molar-refractivity contribution in [3.05, 3.63) is 65.9 Å². The van der Waals surface area contributed by atoms with Gasteiger partial charge >= 0.3 is 0 Å². The quantitative estimate of drug-likeness (QED) is 0.734. The molecule has 20 heavy (non-hydrogen) atoms. The third kappa shape index (κ3) is 2.14. The normalized spacial score (nSPS) is 10.7. The third-order valence-electron chi connectivity index (χ3n) is 3.01. The highest BCUT2D eigenvalue weighted by molar-refractivity contribution is 6.12. The zero-order chi connectivity index (χ0) is 14.1. The molecule has 0 aliphatic carbocycles. The van der Waals surface area contributed by atoms with Crippen molar-refractivity contribution in [3.63, 3.8) is 0 Å². The van der Waals surface area contributed by atoms with Crippen LogP contribution in [0.1, 0.15) is 10.4 Å². The zero-order valence-electron chi connectivity index (χ0n) is 10.3. The van der Waals surface area contributed by atoms with Crippen LogP contribution in [-0.2, 0) is 0 Å². The van der Waals surface area contributed by atoms with Gasteiger partial charge in [0.15, 0.2) is 0 Å². The fourth-order valence-electron chi connectivity index (χ4n) is 2.06. The molecule has 3 aromatic rings. The molecule has 0 unspecified atom stereocenters. The summed E-state index contributed by atoms with van der Waals surface area (Å²) in [6, 6.07) is 9.94. The number of H-pyrrole nitrogens is 1. The van der Waals surface area contributed by atoms with Gasteiger partial charge in [0, 0.05) is 17.6 Å². The number of nitrogens with one attached hydrogen (secondary N) is 2. The molecule has 0 aliphatic heterocycles. The van der Waals surface area contributed by atoms with Gasteiger partial charge in [-0.1, -0.05) is 12.1 Å². The van der Waals surface area contributed by atoms with Crippen molar-refractivity contribution < 1.29 is 13.6 Å². The van der Waals surface area contributed by atoms with Crippen molar-refractivity contribution in [2.45, 2.75) is 0 Å². The number of aromatic nitrogens is 1. The highest BCUT2D eigenvalue weighted by Crippen LogP contribution is 2.20. The highest BCUT2D eigenvalue weighted by Gasteiger charge is 2.13. The minimum Gasteiger partial charge on any atom is -0.361 e.